The van der Waals surface area contributed by atoms with Crippen LogP contribution in [0, 0.1) is 0 Å². The van der Waals surface area contributed by atoms with Gasteiger partial charge in [-0.25, -0.2) is 0 Å². The lowest BCUT2D eigenvalue weighted by Gasteiger charge is -2.20. The second-order valence-corrected chi connectivity index (χ2v) is 6.44. The van der Waals surface area contributed by atoms with Gasteiger partial charge in [0.2, 0.25) is 5.91 Å². The van der Waals surface area contributed by atoms with Crippen LogP contribution >= 0.6 is 0 Å². The van der Waals surface area contributed by atoms with E-state index in [9.17, 15) is 4.79 Å². The van der Waals surface area contributed by atoms with Crippen molar-refractivity contribution in [3.8, 4) is 0 Å². The first-order valence-electron chi connectivity index (χ1n) is 9.99. The Morgan fingerprint density at radius 2 is 1.62 bits per heavy atom. The highest BCUT2D eigenvalue weighted by atomic mass is 16.2. The highest BCUT2D eigenvalue weighted by molar-refractivity contribution is 5.75. The normalized spacial score (nSPS) is 11.5. The lowest BCUT2D eigenvalue weighted by molar-refractivity contribution is -0.121. The van der Waals surface area contributed by atoms with E-state index in [0.29, 0.717) is 19.7 Å². The van der Waals surface area contributed by atoms with Gasteiger partial charge in [-0.3, -0.25) is 9.69 Å². The van der Waals surface area contributed by atoms with Crippen LogP contribution in [0.15, 0.2) is 12.2 Å². The SMILES string of the molecule is CC/C=C/CCCC(=O)NCN(CC)CCCCCCCCCO. The zero-order valence-corrected chi connectivity index (χ0v) is 16.1. The van der Waals surface area contributed by atoms with E-state index < -0.39 is 0 Å². The first-order chi connectivity index (χ1) is 11.7. The number of carbonyl (C=O) groups excluding carboxylic acids is 1. The molecular weight excluding hydrogens is 300 g/mol. The van der Waals surface area contributed by atoms with Crippen LogP contribution in [0.4, 0.5) is 0 Å². The molecule has 0 heterocycles. The molecule has 0 aliphatic heterocycles. The summed E-state index contributed by atoms with van der Waals surface area (Å²) in [6, 6.07) is 0. The monoisotopic (exact) mass is 340 g/mol. The minimum atomic E-state index is 0.169. The molecule has 0 radical (unpaired) electrons. The van der Waals surface area contributed by atoms with Gasteiger partial charge in [-0.1, -0.05) is 58.1 Å². The highest BCUT2D eigenvalue weighted by Crippen LogP contribution is 2.07. The van der Waals surface area contributed by atoms with Gasteiger partial charge >= 0.3 is 0 Å². The molecule has 4 nitrogen and oxygen atoms in total. The van der Waals surface area contributed by atoms with Crippen LogP contribution in [-0.4, -0.2) is 42.3 Å². The van der Waals surface area contributed by atoms with E-state index in [1.54, 1.807) is 0 Å². The Kier molecular flexibility index (Phi) is 17.8. The molecule has 0 aliphatic carbocycles. The van der Waals surface area contributed by atoms with Gasteiger partial charge in [-0.2, -0.15) is 0 Å². The standard InChI is InChI=1S/C20H40N2O2/c1-3-5-6-10-13-16-20(24)21-19-22(4-2)17-14-11-8-7-9-12-15-18-23/h5-6,23H,3-4,7-19H2,1-2H3,(H,21,24)/b6-5+. The Morgan fingerprint density at radius 3 is 2.25 bits per heavy atom. The van der Waals surface area contributed by atoms with Crippen LogP contribution < -0.4 is 5.32 Å². The Balaban J connectivity index is 3.54. The Hall–Kier alpha value is -0.870. The summed E-state index contributed by atoms with van der Waals surface area (Å²) in [7, 11) is 0. The molecule has 0 rings (SSSR count). The molecule has 1 amide bonds. The molecule has 0 aliphatic rings. The predicted octanol–water partition coefficient (Wildman–Crippen LogP) is 4.24. The number of nitrogens with zero attached hydrogens (tertiary/aromatic N) is 1. The predicted molar refractivity (Wildman–Crippen MR) is 103 cm³/mol. The minimum Gasteiger partial charge on any atom is -0.396 e. The third-order valence-corrected chi connectivity index (χ3v) is 4.26. The van der Waals surface area contributed by atoms with Gasteiger partial charge in [-0.05, 0) is 45.2 Å². The van der Waals surface area contributed by atoms with E-state index in [0.717, 1.165) is 45.2 Å². The highest BCUT2D eigenvalue weighted by Gasteiger charge is 2.05. The molecule has 4 heteroatoms. The molecule has 0 saturated carbocycles. The van der Waals surface area contributed by atoms with Crippen molar-refractivity contribution in [3.63, 3.8) is 0 Å². The third-order valence-electron chi connectivity index (χ3n) is 4.26. The molecule has 0 saturated heterocycles. The van der Waals surface area contributed by atoms with Crippen LogP contribution in [-0.2, 0) is 4.79 Å². The molecule has 24 heavy (non-hydrogen) atoms. The first kappa shape index (κ1) is 23.1. The van der Waals surface area contributed by atoms with E-state index in [1.807, 2.05) is 0 Å². The van der Waals surface area contributed by atoms with Gasteiger partial charge in [0, 0.05) is 13.0 Å². The van der Waals surface area contributed by atoms with Crippen molar-refractivity contribution in [2.75, 3.05) is 26.4 Å². The van der Waals surface area contributed by atoms with E-state index >= 15 is 0 Å². The molecule has 0 unspecified atom stereocenters. The van der Waals surface area contributed by atoms with Crippen molar-refractivity contribution >= 4 is 5.91 Å². The summed E-state index contributed by atoms with van der Waals surface area (Å²) in [5.74, 6) is 0.169. The second-order valence-electron chi connectivity index (χ2n) is 6.44. The van der Waals surface area contributed by atoms with Crippen LogP contribution in [0.2, 0.25) is 0 Å². The maximum absolute atomic E-state index is 11.8. The van der Waals surface area contributed by atoms with Gasteiger partial charge in [0.05, 0.1) is 6.67 Å². The number of amides is 1. The summed E-state index contributed by atoms with van der Waals surface area (Å²) in [6.45, 7) is 7.32. The smallest absolute Gasteiger partial charge is 0.221 e. The molecule has 0 aromatic rings. The number of hydrogen-bond acceptors (Lipinski definition) is 3. The van der Waals surface area contributed by atoms with E-state index in [-0.39, 0.29) is 5.91 Å². The zero-order chi connectivity index (χ0) is 17.9. The molecule has 0 spiro atoms. The van der Waals surface area contributed by atoms with Crippen molar-refractivity contribution < 1.29 is 9.90 Å². The van der Waals surface area contributed by atoms with Gasteiger partial charge in [0.1, 0.15) is 0 Å². The zero-order valence-electron chi connectivity index (χ0n) is 16.1. The summed E-state index contributed by atoms with van der Waals surface area (Å²) in [4.78, 5) is 14.1. The summed E-state index contributed by atoms with van der Waals surface area (Å²) in [5.41, 5.74) is 0. The van der Waals surface area contributed by atoms with Crippen molar-refractivity contribution in [1.82, 2.24) is 10.2 Å². The number of rotatable bonds is 17. The summed E-state index contributed by atoms with van der Waals surface area (Å²) in [5, 5.41) is 11.8. The lowest BCUT2D eigenvalue weighted by Crippen LogP contribution is -2.38. The Morgan fingerprint density at radius 1 is 0.958 bits per heavy atom. The molecule has 0 bridgehead atoms. The summed E-state index contributed by atoms with van der Waals surface area (Å²) >= 11 is 0. The maximum Gasteiger partial charge on any atom is 0.221 e. The van der Waals surface area contributed by atoms with E-state index in [1.165, 1.54) is 32.1 Å². The Labute approximate surface area is 149 Å². The van der Waals surface area contributed by atoms with Gasteiger partial charge in [0.25, 0.3) is 0 Å². The molecule has 0 aromatic carbocycles. The fraction of sp³-hybridized carbons (Fsp3) is 0.850. The molecule has 0 aromatic heterocycles. The van der Waals surface area contributed by atoms with E-state index in [4.69, 9.17) is 5.11 Å². The second kappa shape index (κ2) is 18.5. The molecule has 2 N–H and O–H groups in total. The van der Waals surface area contributed by atoms with Gasteiger partial charge < -0.3 is 10.4 Å². The molecule has 142 valence electrons. The summed E-state index contributed by atoms with van der Waals surface area (Å²) in [6.07, 6.45) is 16.3. The molecule has 0 atom stereocenters. The number of nitrogens with one attached hydrogen (secondary N) is 1. The summed E-state index contributed by atoms with van der Waals surface area (Å²) < 4.78 is 0. The maximum atomic E-state index is 11.8. The van der Waals surface area contributed by atoms with Gasteiger partial charge in [0.15, 0.2) is 0 Å². The fourth-order valence-electron chi connectivity index (χ4n) is 2.63. The van der Waals surface area contributed by atoms with Crippen molar-refractivity contribution in [2.24, 2.45) is 0 Å². The van der Waals surface area contributed by atoms with Crippen molar-refractivity contribution in [3.05, 3.63) is 12.2 Å². The van der Waals surface area contributed by atoms with Crippen molar-refractivity contribution in [2.45, 2.75) is 84.5 Å². The molecule has 0 fully saturated rings. The number of aliphatic hydroxyl groups excluding tert-OH is 1. The third kappa shape index (κ3) is 16.0. The van der Waals surface area contributed by atoms with Crippen LogP contribution in [0.1, 0.15) is 84.5 Å². The average Bonchev–Trinajstić information content (AvgIpc) is 2.59. The topological polar surface area (TPSA) is 52.6 Å². The number of allylic oxidation sites excluding steroid dienone is 2. The number of unbranched alkanes of at least 4 members (excludes halogenated alkanes) is 7. The van der Waals surface area contributed by atoms with Gasteiger partial charge in [-0.15, -0.1) is 0 Å². The van der Waals surface area contributed by atoms with Crippen LogP contribution in [0.3, 0.4) is 0 Å². The van der Waals surface area contributed by atoms with Crippen molar-refractivity contribution in [1.29, 1.82) is 0 Å². The van der Waals surface area contributed by atoms with Crippen LogP contribution in [0.5, 0.6) is 0 Å². The number of carbonyl (C=O) groups is 1. The largest absolute Gasteiger partial charge is 0.396 e. The number of hydrogen-bond donors (Lipinski definition) is 2. The Bertz CT molecular complexity index is 306. The first-order valence-corrected chi connectivity index (χ1v) is 9.99. The quantitative estimate of drug-likeness (QED) is 0.236. The lowest BCUT2D eigenvalue weighted by atomic mass is 10.1. The average molecular weight is 341 g/mol. The fourth-order valence-corrected chi connectivity index (χ4v) is 2.63. The molecular formula is C20H40N2O2. The minimum absolute atomic E-state index is 0.169. The van der Waals surface area contributed by atoms with Crippen LogP contribution in [0.25, 0.3) is 0 Å². The number of aliphatic hydroxyl groups is 1. The van der Waals surface area contributed by atoms with E-state index in [2.05, 4.69) is 36.2 Å².